The predicted octanol–water partition coefficient (Wildman–Crippen LogP) is 4.26. The minimum Gasteiger partial charge on any atom is -0.477 e. The summed E-state index contributed by atoms with van der Waals surface area (Å²) in [5, 5.41) is 9.32. The summed E-state index contributed by atoms with van der Waals surface area (Å²) in [4.78, 5) is 37.6. The second kappa shape index (κ2) is 7.24. The fourth-order valence-electron chi connectivity index (χ4n) is 2.54. The molecule has 29 heavy (non-hydrogen) atoms. The Kier molecular flexibility index (Phi) is 5.09. The van der Waals surface area contributed by atoms with Crippen LogP contribution < -0.4 is 15.4 Å². The molecule has 0 saturated heterocycles. The van der Waals surface area contributed by atoms with Crippen molar-refractivity contribution in [2.24, 2.45) is 0 Å². The van der Waals surface area contributed by atoms with Crippen LogP contribution in [-0.2, 0) is 6.18 Å². The van der Waals surface area contributed by atoms with E-state index in [4.69, 9.17) is 9.52 Å². The molecule has 0 spiro atoms. The Labute approximate surface area is 165 Å². The molecule has 0 bridgehead atoms. The van der Waals surface area contributed by atoms with Crippen molar-refractivity contribution in [3.8, 4) is 0 Å². The zero-order valence-corrected chi connectivity index (χ0v) is 15.8. The zero-order chi connectivity index (χ0) is 21.5. The highest BCUT2D eigenvalue weighted by Crippen LogP contribution is 2.34. The third kappa shape index (κ3) is 3.94. The van der Waals surface area contributed by atoms with Gasteiger partial charge in [-0.2, -0.15) is 13.2 Å². The lowest BCUT2D eigenvalue weighted by atomic mass is 10.2. The minimum atomic E-state index is -4.54. The Morgan fingerprint density at radius 3 is 2.41 bits per heavy atom. The average Bonchev–Trinajstić information content (AvgIpc) is 3.07. The number of alkyl halides is 3. The number of carboxylic acid groups (broad SMARTS) is 1. The maximum absolute atomic E-state index is 12.9. The number of anilines is 2. The van der Waals surface area contributed by atoms with E-state index < -0.39 is 34.9 Å². The van der Waals surface area contributed by atoms with Gasteiger partial charge in [-0.25, -0.2) is 14.4 Å². The fraction of sp³-hybridized carbons (Fsp3) is 0.167. The Morgan fingerprint density at radius 1 is 1.10 bits per heavy atom. The number of amides is 2. The maximum Gasteiger partial charge on any atom is 0.416 e. The van der Waals surface area contributed by atoms with Gasteiger partial charge in [-0.15, -0.1) is 11.3 Å². The molecule has 0 aliphatic rings. The Hall–Kier alpha value is -3.34. The molecule has 0 fully saturated rings. The molecule has 0 unspecified atom stereocenters. The lowest BCUT2D eigenvalue weighted by Crippen LogP contribution is -2.38. The van der Waals surface area contributed by atoms with E-state index in [1.807, 2.05) is 0 Å². The van der Waals surface area contributed by atoms with Crippen LogP contribution in [0.25, 0.3) is 10.3 Å². The van der Waals surface area contributed by atoms with Crippen molar-refractivity contribution in [3.05, 3.63) is 57.9 Å². The quantitative estimate of drug-likeness (QED) is 0.676. The van der Waals surface area contributed by atoms with E-state index in [1.54, 1.807) is 0 Å². The highest BCUT2D eigenvalue weighted by molar-refractivity contribution is 7.22. The second-order valence-corrected chi connectivity index (χ2v) is 7.08. The van der Waals surface area contributed by atoms with Gasteiger partial charge in [0, 0.05) is 25.8 Å². The summed E-state index contributed by atoms with van der Waals surface area (Å²) >= 11 is 0.996. The number of carbonyl (C=O) groups excluding carboxylic acids is 1. The van der Waals surface area contributed by atoms with Crippen LogP contribution in [0.5, 0.6) is 0 Å². The number of hydrogen-bond donors (Lipinski definition) is 1. The third-order valence-corrected chi connectivity index (χ3v) is 5.25. The summed E-state index contributed by atoms with van der Waals surface area (Å²) in [6, 6.07) is 6.20. The van der Waals surface area contributed by atoms with Crippen molar-refractivity contribution in [2.45, 2.75) is 6.18 Å². The molecule has 0 radical (unpaired) electrons. The van der Waals surface area contributed by atoms with E-state index in [0.717, 1.165) is 39.3 Å². The number of nitrogens with zero attached hydrogens (tertiary/aromatic N) is 2. The van der Waals surface area contributed by atoms with Crippen molar-refractivity contribution >= 4 is 44.3 Å². The Bertz CT molecular complexity index is 1170. The molecule has 7 nitrogen and oxygen atoms in total. The van der Waals surface area contributed by atoms with Gasteiger partial charge >= 0.3 is 23.8 Å². The normalized spacial score (nSPS) is 11.5. The van der Waals surface area contributed by atoms with E-state index in [9.17, 15) is 27.6 Å². The number of carboxylic acids is 1. The number of hydrogen-bond acceptors (Lipinski definition) is 5. The number of benzene rings is 1. The van der Waals surface area contributed by atoms with Crippen molar-refractivity contribution in [1.29, 1.82) is 0 Å². The topological polar surface area (TPSA) is 91.1 Å². The summed E-state index contributed by atoms with van der Waals surface area (Å²) in [5.74, 6) is -1.44. The molecule has 2 aromatic heterocycles. The monoisotopic (exact) mass is 426 g/mol. The van der Waals surface area contributed by atoms with Gasteiger partial charge < -0.3 is 9.52 Å². The Morgan fingerprint density at radius 2 is 1.79 bits per heavy atom. The summed E-state index contributed by atoms with van der Waals surface area (Å²) in [6.45, 7) is 0. The summed E-state index contributed by atoms with van der Waals surface area (Å²) in [6.07, 6.45) is -4.54. The van der Waals surface area contributed by atoms with Crippen molar-refractivity contribution in [3.63, 3.8) is 0 Å². The van der Waals surface area contributed by atoms with E-state index in [-0.39, 0.29) is 11.3 Å². The first-order valence-corrected chi connectivity index (χ1v) is 8.80. The van der Waals surface area contributed by atoms with Gasteiger partial charge in [0.05, 0.1) is 10.3 Å². The molecule has 0 saturated carbocycles. The number of urea groups is 1. The van der Waals surface area contributed by atoms with E-state index in [2.05, 4.69) is 0 Å². The maximum atomic E-state index is 12.9. The first-order chi connectivity index (χ1) is 13.5. The number of aromatic carboxylic acids is 1. The van der Waals surface area contributed by atoms with Crippen LogP contribution in [-0.4, -0.2) is 31.2 Å². The molecule has 2 amide bonds. The lowest BCUT2D eigenvalue weighted by molar-refractivity contribution is -0.137. The number of rotatable bonds is 3. The predicted molar refractivity (Wildman–Crippen MR) is 101 cm³/mol. The number of carbonyl (C=O) groups is 2. The van der Waals surface area contributed by atoms with Crippen LogP contribution in [0.15, 0.2) is 45.6 Å². The van der Waals surface area contributed by atoms with Crippen LogP contribution in [0.3, 0.4) is 0 Å². The molecule has 11 heteroatoms. The molecule has 1 N–H and O–H groups in total. The SMILES string of the molecule is CN(C(=O)N(C)c1cc2oc(=O)c(C(=O)O)cc2s1)c1cccc(C(F)(F)F)c1. The molecule has 0 aliphatic carbocycles. The van der Waals surface area contributed by atoms with E-state index in [0.29, 0.717) is 9.70 Å². The zero-order valence-electron chi connectivity index (χ0n) is 15.0. The standard InChI is InChI=1S/C18H13F3N2O5S/c1-22(10-5-3-4-9(6-10)18(19,20)21)17(27)23(2)14-8-12-13(29-14)7-11(15(24)25)16(26)28-12/h3-8H,1-2H3,(H,24,25). The molecule has 3 aromatic rings. The van der Waals surface area contributed by atoms with Crippen LogP contribution in [0.4, 0.5) is 28.7 Å². The number of thiophene rings is 1. The first kappa shape index (κ1) is 20.4. The largest absolute Gasteiger partial charge is 0.477 e. The van der Waals surface area contributed by atoms with Crippen molar-refractivity contribution < 1.29 is 32.3 Å². The third-order valence-electron chi connectivity index (χ3n) is 4.11. The molecule has 152 valence electrons. The molecule has 3 rings (SSSR count). The molecule has 1 aromatic carbocycles. The smallest absolute Gasteiger partial charge is 0.416 e. The second-order valence-electron chi connectivity index (χ2n) is 6.01. The first-order valence-electron chi connectivity index (χ1n) is 7.98. The average molecular weight is 426 g/mol. The number of halogens is 3. The molecule has 2 heterocycles. The fourth-order valence-corrected chi connectivity index (χ4v) is 3.52. The van der Waals surface area contributed by atoms with E-state index in [1.165, 1.54) is 32.3 Å². The lowest BCUT2D eigenvalue weighted by Gasteiger charge is -2.24. The van der Waals surface area contributed by atoms with Gasteiger partial charge in [0.2, 0.25) is 0 Å². The Balaban J connectivity index is 1.92. The van der Waals surface area contributed by atoms with Crippen molar-refractivity contribution in [2.75, 3.05) is 23.9 Å². The highest BCUT2D eigenvalue weighted by atomic mass is 32.1. The van der Waals surface area contributed by atoms with Gasteiger partial charge in [-0.3, -0.25) is 9.80 Å². The molecular formula is C18H13F3N2O5S. The number of fused-ring (bicyclic) bond motifs is 1. The van der Waals surface area contributed by atoms with Crippen LogP contribution in [0.2, 0.25) is 0 Å². The van der Waals surface area contributed by atoms with Crippen LogP contribution in [0.1, 0.15) is 15.9 Å². The van der Waals surface area contributed by atoms with Crippen LogP contribution >= 0.6 is 11.3 Å². The summed E-state index contributed by atoms with van der Waals surface area (Å²) < 4.78 is 44.0. The molecule has 0 aliphatic heterocycles. The summed E-state index contributed by atoms with van der Waals surface area (Å²) in [5.41, 5.74) is -2.31. The van der Waals surface area contributed by atoms with Crippen molar-refractivity contribution in [1.82, 2.24) is 0 Å². The highest BCUT2D eigenvalue weighted by Gasteiger charge is 2.31. The summed E-state index contributed by atoms with van der Waals surface area (Å²) in [7, 11) is 2.72. The minimum absolute atomic E-state index is 0.0393. The van der Waals surface area contributed by atoms with Gasteiger partial charge in [0.25, 0.3) is 0 Å². The van der Waals surface area contributed by atoms with Gasteiger partial charge in [-0.05, 0) is 24.3 Å². The molecular weight excluding hydrogens is 413 g/mol. The van der Waals surface area contributed by atoms with E-state index >= 15 is 0 Å². The van der Waals surface area contributed by atoms with Gasteiger partial charge in [-0.1, -0.05) is 6.07 Å². The van der Waals surface area contributed by atoms with Gasteiger partial charge in [0.1, 0.15) is 10.6 Å². The van der Waals surface area contributed by atoms with Gasteiger partial charge in [0.15, 0.2) is 5.58 Å². The molecule has 0 atom stereocenters. The van der Waals surface area contributed by atoms with Crippen LogP contribution in [0, 0.1) is 0 Å².